The molecule has 1 aliphatic carbocycles. The summed E-state index contributed by atoms with van der Waals surface area (Å²) in [4.78, 5) is 0. The molecule has 0 amide bonds. The van der Waals surface area contributed by atoms with Crippen LogP contribution in [-0.2, 0) is 6.42 Å². The first-order valence-corrected chi connectivity index (χ1v) is 21.3. The van der Waals surface area contributed by atoms with E-state index in [2.05, 4.69) is 228 Å². The fourth-order valence-corrected chi connectivity index (χ4v) is 9.72. The summed E-state index contributed by atoms with van der Waals surface area (Å²) in [6.45, 7) is 4.35. The van der Waals surface area contributed by atoms with Crippen molar-refractivity contribution in [2.24, 2.45) is 0 Å². The molecule has 10 aromatic rings. The van der Waals surface area contributed by atoms with Gasteiger partial charge >= 0.3 is 0 Å². The SMILES string of the molecule is C/C=C\C(=C/CC)n1c2c(c3c1c1ccc4c(c5ccccc5n4-c4ccc(-c5cc(-c6ccccc6)cc(-c6ccccc6)c5)cc4)c1n3-c1ccccc1)CCC=C2. The van der Waals surface area contributed by atoms with Crippen molar-refractivity contribution in [1.82, 2.24) is 13.7 Å². The molecule has 0 saturated carbocycles. The van der Waals surface area contributed by atoms with Crippen molar-refractivity contribution in [2.45, 2.75) is 33.1 Å². The third-order valence-corrected chi connectivity index (χ3v) is 12.3. The van der Waals surface area contributed by atoms with Gasteiger partial charge in [-0.25, -0.2) is 0 Å². The first-order chi connectivity index (χ1) is 29.7. The lowest BCUT2D eigenvalue weighted by Crippen LogP contribution is -2.02. The molecule has 3 nitrogen and oxygen atoms in total. The highest BCUT2D eigenvalue weighted by atomic mass is 15.1. The number of aromatic nitrogens is 3. The molecule has 0 fully saturated rings. The molecule has 3 heteroatoms. The second-order valence-corrected chi connectivity index (χ2v) is 15.8. The van der Waals surface area contributed by atoms with Crippen LogP contribution in [0, 0.1) is 0 Å². The molecule has 0 atom stereocenters. The Balaban J connectivity index is 1.16. The zero-order chi connectivity index (χ0) is 40.2. The second-order valence-electron chi connectivity index (χ2n) is 15.8. The van der Waals surface area contributed by atoms with Gasteiger partial charge in [-0.05, 0) is 132 Å². The second kappa shape index (κ2) is 14.8. The summed E-state index contributed by atoms with van der Waals surface area (Å²) in [5, 5.41) is 3.79. The van der Waals surface area contributed by atoms with E-state index in [1.165, 1.54) is 99.8 Å². The third-order valence-electron chi connectivity index (χ3n) is 12.3. The van der Waals surface area contributed by atoms with Crippen LogP contribution in [-0.4, -0.2) is 13.7 Å². The molecular weight excluding hydrogens is 727 g/mol. The molecule has 0 radical (unpaired) electrons. The number of rotatable bonds is 8. The summed E-state index contributed by atoms with van der Waals surface area (Å²) in [5.74, 6) is 0. The summed E-state index contributed by atoms with van der Waals surface area (Å²) in [6, 6.07) is 62.2. The molecular formula is C57H45N3. The van der Waals surface area contributed by atoms with Crippen LogP contribution in [0.15, 0.2) is 194 Å². The molecule has 11 rings (SSSR count). The Morgan fingerprint density at radius 2 is 1.13 bits per heavy atom. The smallest absolute Gasteiger partial charge is 0.0800 e. The fraction of sp³-hybridized carbons (Fsp3) is 0.0877. The van der Waals surface area contributed by atoms with Crippen molar-refractivity contribution >= 4 is 55.5 Å². The Labute approximate surface area is 351 Å². The van der Waals surface area contributed by atoms with Gasteiger partial charge in [-0.3, -0.25) is 0 Å². The Bertz CT molecular complexity index is 3260. The van der Waals surface area contributed by atoms with Gasteiger partial charge in [0.1, 0.15) is 0 Å². The monoisotopic (exact) mass is 771 g/mol. The van der Waals surface area contributed by atoms with Crippen molar-refractivity contribution < 1.29 is 0 Å². The molecule has 1 aliphatic rings. The van der Waals surface area contributed by atoms with E-state index in [9.17, 15) is 0 Å². The maximum atomic E-state index is 2.57. The van der Waals surface area contributed by atoms with Crippen LogP contribution in [0.5, 0.6) is 0 Å². The van der Waals surface area contributed by atoms with Crippen molar-refractivity contribution in [3.8, 4) is 44.8 Å². The molecule has 0 spiro atoms. The predicted octanol–water partition coefficient (Wildman–Crippen LogP) is 15.5. The normalized spacial score (nSPS) is 13.1. The van der Waals surface area contributed by atoms with Crippen LogP contribution in [0.2, 0.25) is 0 Å². The molecule has 7 aromatic carbocycles. The van der Waals surface area contributed by atoms with Gasteiger partial charge in [0, 0.05) is 38.8 Å². The molecule has 60 heavy (non-hydrogen) atoms. The summed E-state index contributed by atoms with van der Waals surface area (Å²) >= 11 is 0. The topological polar surface area (TPSA) is 14.8 Å². The van der Waals surface area contributed by atoms with Gasteiger partial charge in [-0.1, -0.05) is 134 Å². The lowest BCUT2D eigenvalue weighted by molar-refractivity contribution is 0.965. The number of hydrogen-bond acceptors (Lipinski definition) is 0. The minimum Gasteiger partial charge on any atom is -0.309 e. The van der Waals surface area contributed by atoms with E-state index in [0.717, 1.165) is 24.9 Å². The van der Waals surface area contributed by atoms with E-state index in [0.29, 0.717) is 0 Å². The van der Waals surface area contributed by atoms with E-state index in [-0.39, 0.29) is 0 Å². The van der Waals surface area contributed by atoms with Crippen molar-refractivity contribution in [2.75, 3.05) is 0 Å². The number of nitrogens with zero attached hydrogens (tertiary/aromatic N) is 3. The quantitative estimate of drug-likeness (QED) is 0.137. The number of para-hydroxylation sites is 2. The zero-order valence-electron chi connectivity index (χ0n) is 34.0. The van der Waals surface area contributed by atoms with Crippen molar-refractivity contribution in [1.29, 1.82) is 0 Å². The summed E-state index contributed by atoms with van der Waals surface area (Å²) in [6.07, 6.45) is 14.5. The van der Waals surface area contributed by atoms with Gasteiger partial charge in [-0.2, -0.15) is 0 Å². The number of hydrogen-bond donors (Lipinski definition) is 0. The maximum absolute atomic E-state index is 2.57. The zero-order valence-corrected chi connectivity index (χ0v) is 34.0. The highest BCUT2D eigenvalue weighted by Gasteiger charge is 2.28. The highest BCUT2D eigenvalue weighted by molar-refractivity contribution is 6.26. The lowest BCUT2D eigenvalue weighted by atomic mass is 9.93. The summed E-state index contributed by atoms with van der Waals surface area (Å²) in [7, 11) is 0. The van der Waals surface area contributed by atoms with Crippen molar-refractivity contribution in [3.05, 3.63) is 205 Å². The van der Waals surface area contributed by atoms with Gasteiger partial charge in [0.25, 0.3) is 0 Å². The van der Waals surface area contributed by atoms with E-state index in [4.69, 9.17) is 0 Å². The molecule has 3 heterocycles. The third kappa shape index (κ3) is 5.72. The Morgan fingerprint density at radius 1 is 0.533 bits per heavy atom. The molecule has 0 N–H and O–H groups in total. The Kier molecular flexibility index (Phi) is 8.82. The van der Waals surface area contributed by atoms with Crippen LogP contribution < -0.4 is 0 Å². The molecule has 3 aromatic heterocycles. The van der Waals surface area contributed by atoms with Crippen molar-refractivity contribution in [3.63, 3.8) is 0 Å². The van der Waals surface area contributed by atoms with Crippen LogP contribution in [0.1, 0.15) is 37.9 Å². The average Bonchev–Trinajstić information content (AvgIpc) is 3.95. The number of aryl methyl sites for hydroxylation is 1. The highest BCUT2D eigenvalue weighted by Crippen LogP contribution is 2.46. The summed E-state index contributed by atoms with van der Waals surface area (Å²) in [5.41, 5.74) is 19.7. The minimum atomic E-state index is 0.957. The largest absolute Gasteiger partial charge is 0.309 e. The van der Waals surface area contributed by atoms with Crippen LogP contribution in [0.3, 0.4) is 0 Å². The first kappa shape index (κ1) is 35.8. The molecule has 0 saturated heterocycles. The van der Waals surface area contributed by atoms with Crippen LogP contribution >= 0.6 is 0 Å². The standard InChI is InChI=1S/C57H45N3/c1-3-18-45(19-4-2)59-52-29-17-15-27-49(52)56-57(59)50-34-35-53-54(55(50)60(56)46-24-12-7-13-25-46)48-26-14-16-28-51(48)58(53)47-32-30-41(31-33-47)44-37-42(39-20-8-5-9-21-39)36-43(38-44)40-22-10-6-11-23-40/h3,5-14,16-26,28-38H,4,15,27H2,1-2H3/b18-3-,45-19+. The molecule has 0 aliphatic heterocycles. The van der Waals surface area contributed by atoms with Gasteiger partial charge in [0.15, 0.2) is 0 Å². The van der Waals surface area contributed by atoms with E-state index in [1.807, 2.05) is 0 Å². The van der Waals surface area contributed by atoms with Gasteiger partial charge in [0.2, 0.25) is 0 Å². The minimum absolute atomic E-state index is 0.957. The van der Waals surface area contributed by atoms with Crippen LogP contribution in [0.25, 0.3) is 100 Å². The van der Waals surface area contributed by atoms with E-state index < -0.39 is 0 Å². The average molecular weight is 772 g/mol. The Morgan fingerprint density at radius 3 is 1.78 bits per heavy atom. The number of allylic oxidation sites excluding steroid dienone is 5. The number of benzene rings is 7. The van der Waals surface area contributed by atoms with Gasteiger partial charge in [0.05, 0.1) is 33.3 Å². The fourth-order valence-electron chi connectivity index (χ4n) is 9.72. The maximum Gasteiger partial charge on any atom is 0.0800 e. The predicted molar refractivity (Wildman–Crippen MR) is 256 cm³/mol. The summed E-state index contributed by atoms with van der Waals surface area (Å²) < 4.78 is 7.57. The van der Waals surface area contributed by atoms with Gasteiger partial charge in [-0.15, -0.1) is 0 Å². The molecule has 0 unspecified atom stereocenters. The van der Waals surface area contributed by atoms with Crippen LogP contribution in [0.4, 0.5) is 0 Å². The molecule has 0 bridgehead atoms. The first-order valence-electron chi connectivity index (χ1n) is 21.3. The van der Waals surface area contributed by atoms with Gasteiger partial charge < -0.3 is 13.7 Å². The Hall–Kier alpha value is -7.36. The molecule has 288 valence electrons. The van der Waals surface area contributed by atoms with E-state index >= 15 is 0 Å². The number of fused-ring (bicyclic) bond motifs is 9. The van der Waals surface area contributed by atoms with E-state index in [1.54, 1.807) is 0 Å². The lowest BCUT2D eigenvalue weighted by Gasteiger charge is -2.15.